The van der Waals surface area contributed by atoms with Crippen LogP contribution in [0.2, 0.25) is 0 Å². The quantitative estimate of drug-likeness (QED) is 0.830. The molecule has 1 heterocycles. The summed E-state index contributed by atoms with van der Waals surface area (Å²) in [5.41, 5.74) is -0.0793. The Morgan fingerprint density at radius 1 is 1.32 bits per heavy atom. The van der Waals surface area contributed by atoms with Gasteiger partial charge in [-0.05, 0) is 31.4 Å². The molecule has 0 aromatic heterocycles. The van der Waals surface area contributed by atoms with Crippen LogP contribution in [0.25, 0.3) is 0 Å². The number of carbonyl (C=O) groups is 1. The van der Waals surface area contributed by atoms with Gasteiger partial charge in [0.1, 0.15) is 11.9 Å². The first-order valence-electron chi connectivity index (χ1n) is 7.39. The van der Waals surface area contributed by atoms with Gasteiger partial charge in [-0.25, -0.2) is 12.8 Å². The molecule has 1 aliphatic heterocycles. The highest BCUT2D eigenvalue weighted by Gasteiger charge is 2.36. The molecule has 0 N–H and O–H groups in total. The first-order valence-corrected chi connectivity index (χ1v) is 9.23. The first-order chi connectivity index (χ1) is 10.4. The number of halogens is 1. The van der Waals surface area contributed by atoms with E-state index in [4.69, 9.17) is 0 Å². The molecule has 0 aliphatic carbocycles. The zero-order valence-corrected chi connectivity index (χ0v) is 13.6. The number of benzene rings is 1. The third-order valence-electron chi connectivity index (χ3n) is 3.82. The molecule has 1 aliphatic rings. The maximum absolute atomic E-state index is 14.1. The third-order valence-corrected chi connectivity index (χ3v) is 4.99. The van der Waals surface area contributed by atoms with Crippen molar-refractivity contribution < 1.29 is 17.6 Å². The Hall–Kier alpha value is -1.63. The Morgan fingerprint density at radius 3 is 2.41 bits per heavy atom. The topological polar surface area (TPSA) is 57.7 Å². The fraction of sp³-hybridized carbons (Fsp3) is 0.533. The summed E-state index contributed by atoms with van der Waals surface area (Å²) < 4.78 is 39.4. The normalized spacial score (nSPS) is 16.6. The number of hydrogen-bond donors (Lipinski definition) is 0. The molecule has 1 aromatic rings. The first kappa shape index (κ1) is 16.7. The van der Waals surface area contributed by atoms with Gasteiger partial charge in [0.2, 0.25) is 15.9 Å². The zero-order chi connectivity index (χ0) is 16.3. The van der Waals surface area contributed by atoms with Crippen molar-refractivity contribution in [3.63, 3.8) is 0 Å². The predicted molar refractivity (Wildman–Crippen MR) is 83.6 cm³/mol. The number of rotatable bonds is 5. The highest BCUT2D eigenvalue weighted by atomic mass is 32.2. The largest absolute Gasteiger partial charge is 0.341 e. The van der Waals surface area contributed by atoms with E-state index in [1.807, 2.05) is 0 Å². The van der Waals surface area contributed by atoms with Gasteiger partial charge in [0.05, 0.1) is 11.9 Å². The Balaban J connectivity index is 2.43. The molecule has 22 heavy (non-hydrogen) atoms. The standard InChI is InChI=1S/C15H21FN2O3S/c1-3-13(15(19)17-10-6-7-11-17)18(22(2,20)21)14-9-5-4-8-12(14)16/h4-5,8-9,13H,3,6-7,10-11H2,1-2H3/t13-/m1/s1. The maximum atomic E-state index is 14.1. The molecule has 0 saturated carbocycles. The second kappa shape index (κ2) is 6.64. The van der Waals surface area contributed by atoms with E-state index in [2.05, 4.69) is 0 Å². The number of hydrogen-bond acceptors (Lipinski definition) is 3. The maximum Gasteiger partial charge on any atom is 0.246 e. The van der Waals surface area contributed by atoms with E-state index in [9.17, 15) is 17.6 Å². The van der Waals surface area contributed by atoms with Crippen LogP contribution < -0.4 is 4.31 Å². The van der Waals surface area contributed by atoms with Crippen LogP contribution in [0.3, 0.4) is 0 Å². The predicted octanol–water partition coefficient (Wildman–Crippen LogP) is 1.99. The fourth-order valence-electron chi connectivity index (χ4n) is 2.80. The van der Waals surface area contributed by atoms with E-state index in [1.54, 1.807) is 17.9 Å². The number of amides is 1. The minimum Gasteiger partial charge on any atom is -0.341 e. The molecule has 1 saturated heterocycles. The van der Waals surface area contributed by atoms with E-state index >= 15 is 0 Å². The molecule has 0 unspecified atom stereocenters. The third kappa shape index (κ3) is 3.40. The Labute approximate surface area is 130 Å². The summed E-state index contributed by atoms with van der Waals surface area (Å²) in [4.78, 5) is 14.3. The van der Waals surface area contributed by atoms with Crippen LogP contribution in [0, 0.1) is 5.82 Å². The van der Waals surface area contributed by atoms with Crippen LogP contribution in [-0.2, 0) is 14.8 Å². The molecule has 0 radical (unpaired) electrons. The lowest BCUT2D eigenvalue weighted by Gasteiger charge is -2.32. The van der Waals surface area contributed by atoms with Crippen LogP contribution in [0.4, 0.5) is 10.1 Å². The minimum atomic E-state index is -3.78. The van der Waals surface area contributed by atoms with E-state index in [0.717, 1.165) is 23.4 Å². The SMILES string of the molecule is CC[C@H](C(=O)N1CCCC1)N(c1ccccc1F)S(C)(=O)=O. The van der Waals surface area contributed by atoms with Gasteiger partial charge in [0.25, 0.3) is 0 Å². The number of likely N-dealkylation sites (tertiary alicyclic amines) is 1. The molecule has 7 heteroatoms. The van der Waals surface area contributed by atoms with E-state index in [-0.39, 0.29) is 18.0 Å². The summed E-state index contributed by atoms with van der Waals surface area (Å²) in [6.45, 7) is 2.99. The lowest BCUT2D eigenvalue weighted by Crippen LogP contribution is -2.50. The van der Waals surface area contributed by atoms with Crippen molar-refractivity contribution in [2.45, 2.75) is 32.2 Å². The van der Waals surface area contributed by atoms with Crippen molar-refractivity contribution in [1.82, 2.24) is 4.90 Å². The molecular formula is C15H21FN2O3S. The average molecular weight is 328 g/mol. The highest BCUT2D eigenvalue weighted by molar-refractivity contribution is 7.92. The number of sulfonamides is 1. The Morgan fingerprint density at radius 2 is 1.91 bits per heavy atom. The summed E-state index contributed by atoms with van der Waals surface area (Å²) in [6.07, 6.45) is 3.12. The molecule has 5 nitrogen and oxygen atoms in total. The summed E-state index contributed by atoms with van der Waals surface area (Å²) in [5, 5.41) is 0. The smallest absolute Gasteiger partial charge is 0.246 e. The second-order valence-electron chi connectivity index (χ2n) is 5.47. The molecule has 1 fully saturated rings. The summed E-state index contributed by atoms with van der Waals surface area (Å²) in [5.74, 6) is -0.908. The van der Waals surface area contributed by atoms with Crippen LogP contribution in [-0.4, -0.2) is 44.6 Å². The average Bonchev–Trinajstić information content (AvgIpc) is 2.98. The minimum absolute atomic E-state index is 0.0793. The molecule has 0 bridgehead atoms. The number of para-hydroxylation sites is 1. The number of anilines is 1. The number of carbonyl (C=O) groups excluding carboxylic acids is 1. The summed E-state index contributed by atoms with van der Waals surface area (Å²) >= 11 is 0. The molecule has 1 atom stereocenters. The zero-order valence-electron chi connectivity index (χ0n) is 12.8. The molecule has 122 valence electrons. The van der Waals surface area contributed by atoms with Gasteiger partial charge < -0.3 is 4.90 Å². The van der Waals surface area contributed by atoms with Gasteiger partial charge in [0.15, 0.2) is 0 Å². The van der Waals surface area contributed by atoms with Gasteiger partial charge in [-0.1, -0.05) is 19.1 Å². The molecule has 0 spiro atoms. The fourth-order valence-corrected chi connectivity index (χ4v) is 4.00. The second-order valence-corrected chi connectivity index (χ2v) is 7.33. The summed E-state index contributed by atoms with van der Waals surface area (Å²) in [7, 11) is -3.78. The molecule has 1 aromatic carbocycles. The van der Waals surface area contributed by atoms with Crippen molar-refractivity contribution in [2.75, 3.05) is 23.7 Å². The molecule has 2 rings (SSSR count). The monoisotopic (exact) mass is 328 g/mol. The van der Waals surface area contributed by atoms with Crippen molar-refractivity contribution in [2.24, 2.45) is 0 Å². The highest BCUT2D eigenvalue weighted by Crippen LogP contribution is 2.26. The van der Waals surface area contributed by atoms with Crippen LogP contribution >= 0.6 is 0 Å². The van der Waals surface area contributed by atoms with Crippen molar-refractivity contribution in [3.8, 4) is 0 Å². The lowest BCUT2D eigenvalue weighted by atomic mass is 10.1. The van der Waals surface area contributed by atoms with Gasteiger partial charge >= 0.3 is 0 Å². The summed E-state index contributed by atoms with van der Waals surface area (Å²) in [6, 6.07) is 4.72. The van der Waals surface area contributed by atoms with E-state index < -0.39 is 21.9 Å². The van der Waals surface area contributed by atoms with Crippen LogP contribution in [0.15, 0.2) is 24.3 Å². The van der Waals surface area contributed by atoms with Gasteiger partial charge in [-0.2, -0.15) is 0 Å². The number of nitrogens with zero attached hydrogens (tertiary/aromatic N) is 2. The van der Waals surface area contributed by atoms with E-state index in [1.165, 1.54) is 18.2 Å². The Bertz CT molecular complexity index is 642. The van der Waals surface area contributed by atoms with Crippen molar-refractivity contribution >= 4 is 21.6 Å². The van der Waals surface area contributed by atoms with Gasteiger partial charge in [-0.3, -0.25) is 9.10 Å². The van der Waals surface area contributed by atoms with Crippen LogP contribution in [0.1, 0.15) is 26.2 Å². The van der Waals surface area contributed by atoms with Gasteiger partial charge in [-0.15, -0.1) is 0 Å². The van der Waals surface area contributed by atoms with Crippen molar-refractivity contribution in [1.29, 1.82) is 0 Å². The van der Waals surface area contributed by atoms with Crippen LogP contribution in [0.5, 0.6) is 0 Å². The molecular weight excluding hydrogens is 307 g/mol. The Kier molecular flexibility index (Phi) is 5.05. The molecule has 1 amide bonds. The lowest BCUT2D eigenvalue weighted by molar-refractivity contribution is -0.131. The van der Waals surface area contributed by atoms with Gasteiger partial charge in [0, 0.05) is 13.1 Å². The van der Waals surface area contributed by atoms with E-state index in [0.29, 0.717) is 13.1 Å². The van der Waals surface area contributed by atoms with Crippen molar-refractivity contribution in [3.05, 3.63) is 30.1 Å².